The molecule has 0 amide bonds. The van der Waals surface area contributed by atoms with E-state index in [-0.39, 0.29) is 17.6 Å². The van der Waals surface area contributed by atoms with E-state index in [9.17, 15) is 10.2 Å². The molecule has 4 N–H and O–H groups in total. The Balaban J connectivity index is 1.91. The highest BCUT2D eigenvalue weighted by Gasteiger charge is 2.26. The molecular formula is C11H15NO3. The number of nitrogens with one attached hydrogen (secondary N) is 1. The molecule has 1 saturated carbocycles. The standard InChI is InChI=1S/C11H15NO3/c13-9-4-8(5-9)12-6-7-2-1-3-10(14)11(7)15/h1-3,8-9,12-15H,4-6H2. The third kappa shape index (κ3) is 2.22. The minimum atomic E-state index is -0.180. The Hall–Kier alpha value is -1.26. The van der Waals surface area contributed by atoms with Gasteiger partial charge in [0.15, 0.2) is 11.5 Å². The summed E-state index contributed by atoms with van der Waals surface area (Å²) in [6.45, 7) is 0.512. The van der Waals surface area contributed by atoms with E-state index in [1.807, 2.05) is 0 Å². The normalized spacial score (nSPS) is 24.9. The number of aliphatic hydroxyl groups is 1. The molecule has 1 aromatic rings. The van der Waals surface area contributed by atoms with Crippen molar-refractivity contribution in [1.29, 1.82) is 0 Å². The molecule has 0 unspecified atom stereocenters. The van der Waals surface area contributed by atoms with Gasteiger partial charge in [0.05, 0.1) is 6.10 Å². The summed E-state index contributed by atoms with van der Waals surface area (Å²) in [5.74, 6) is -0.159. The molecule has 0 bridgehead atoms. The molecule has 1 aliphatic carbocycles. The minimum Gasteiger partial charge on any atom is -0.504 e. The quantitative estimate of drug-likeness (QED) is 0.553. The topological polar surface area (TPSA) is 72.7 Å². The smallest absolute Gasteiger partial charge is 0.161 e. The molecule has 1 fully saturated rings. The fourth-order valence-electron chi connectivity index (χ4n) is 1.73. The van der Waals surface area contributed by atoms with Crippen LogP contribution in [0, 0.1) is 0 Å². The van der Waals surface area contributed by atoms with Gasteiger partial charge in [-0.3, -0.25) is 0 Å². The molecule has 0 aromatic heterocycles. The van der Waals surface area contributed by atoms with Crippen LogP contribution in [0.25, 0.3) is 0 Å². The molecule has 0 spiro atoms. The third-order valence-corrected chi connectivity index (χ3v) is 2.79. The molecule has 0 atom stereocenters. The molecule has 82 valence electrons. The lowest BCUT2D eigenvalue weighted by Crippen LogP contribution is -2.43. The van der Waals surface area contributed by atoms with Crippen LogP contribution in [0.3, 0.4) is 0 Å². The molecular weight excluding hydrogens is 194 g/mol. The summed E-state index contributed by atoms with van der Waals surface area (Å²) in [5, 5.41) is 31.1. The van der Waals surface area contributed by atoms with E-state index in [1.54, 1.807) is 12.1 Å². The van der Waals surface area contributed by atoms with Crippen LogP contribution in [0.1, 0.15) is 18.4 Å². The largest absolute Gasteiger partial charge is 0.504 e. The first-order chi connectivity index (χ1) is 7.16. The van der Waals surface area contributed by atoms with Crippen LogP contribution in [0.5, 0.6) is 11.5 Å². The monoisotopic (exact) mass is 209 g/mol. The summed E-state index contributed by atoms with van der Waals surface area (Å²) in [6.07, 6.45) is 1.35. The zero-order valence-electron chi connectivity index (χ0n) is 8.35. The highest BCUT2D eigenvalue weighted by atomic mass is 16.3. The van der Waals surface area contributed by atoms with E-state index in [0.29, 0.717) is 18.2 Å². The Labute approximate surface area is 88.2 Å². The number of para-hydroxylation sites is 1. The SMILES string of the molecule is Oc1cccc(CNC2CC(O)C2)c1O. The molecule has 1 aliphatic rings. The van der Waals surface area contributed by atoms with Crippen molar-refractivity contribution < 1.29 is 15.3 Å². The van der Waals surface area contributed by atoms with Crippen LogP contribution in [-0.4, -0.2) is 27.5 Å². The van der Waals surface area contributed by atoms with Gasteiger partial charge < -0.3 is 20.6 Å². The lowest BCUT2D eigenvalue weighted by Gasteiger charge is -2.32. The average molecular weight is 209 g/mol. The van der Waals surface area contributed by atoms with E-state index < -0.39 is 0 Å². The number of phenols is 2. The van der Waals surface area contributed by atoms with E-state index in [1.165, 1.54) is 6.07 Å². The van der Waals surface area contributed by atoms with Gasteiger partial charge in [0.25, 0.3) is 0 Å². The average Bonchev–Trinajstić information content (AvgIpc) is 2.17. The number of benzene rings is 1. The molecule has 0 aliphatic heterocycles. The first-order valence-corrected chi connectivity index (χ1v) is 5.08. The van der Waals surface area contributed by atoms with Crippen molar-refractivity contribution in [3.63, 3.8) is 0 Å². The highest BCUT2D eigenvalue weighted by molar-refractivity contribution is 5.44. The predicted molar refractivity (Wildman–Crippen MR) is 55.6 cm³/mol. The second-order valence-corrected chi connectivity index (χ2v) is 3.99. The van der Waals surface area contributed by atoms with Crippen molar-refractivity contribution in [2.45, 2.75) is 31.5 Å². The second kappa shape index (κ2) is 4.08. The maximum Gasteiger partial charge on any atom is 0.161 e. The van der Waals surface area contributed by atoms with Crippen molar-refractivity contribution in [2.75, 3.05) is 0 Å². The fourth-order valence-corrected chi connectivity index (χ4v) is 1.73. The molecule has 0 radical (unpaired) electrons. The van der Waals surface area contributed by atoms with Crippen molar-refractivity contribution in [1.82, 2.24) is 5.32 Å². The Bertz CT molecular complexity index is 348. The van der Waals surface area contributed by atoms with Gasteiger partial charge in [0.2, 0.25) is 0 Å². The second-order valence-electron chi connectivity index (χ2n) is 3.99. The van der Waals surface area contributed by atoms with Gasteiger partial charge in [-0.1, -0.05) is 12.1 Å². The number of hydrogen-bond acceptors (Lipinski definition) is 4. The summed E-state index contributed by atoms with van der Waals surface area (Å²) in [4.78, 5) is 0. The molecule has 4 nitrogen and oxygen atoms in total. The maximum absolute atomic E-state index is 9.51. The van der Waals surface area contributed by atoms with Gasteiger partial charge in [-0.05, 0) is 18.9 Å². The molecule has 0 saturated heterocycles. The molecule has 2 rings (SSSR count). The number of aliphatic hydroxyl groups excluding tert-OH is 1. The van der Waals surface area contributed by atoms with Crippen molar-refractivity contribution in [3.8, 4) is 11.5 Å². The Morgan fingerprint density at radius 1 is 1.27 bits per heavy atom. The van der Waals surface area contributed by atoms with Crippen molar-refractivity contribution in [3.05, 3.63) is 23.8 Å². The fraction of sp³-hybridized carbons (Fsp3) is 0.455. The Morgan fingerprint density at radius 2 is 2.00 bits per heavy atom. The van der Waals surface area contributed by atoms with Gasteiger partial charge in [-0.25, -0.2) is 0 Å². The zero-order chi connectivity index (χ0) is 10.8. The molecule has 1 aromatic carbocycles. The van der Waals surface area contributed by atoms with Crippen LogP contribution in [0.15, 0.2) is 18.2 Å². The van der Waals surface area contributed by atoms with Crippen LogP contribution in [-0.2, 0) is 6.54 Å². The summed E-state index contributed by atoms with van der Waals surface area (Å²) in [6, 6.07) is 5.23. The van der Waals surface area contributed by atoms with Crippen LogP contribution >= 0.6 is 0 Å². The number of aromatic hydroxyl groups is 2. The first kappa shape index (κ1) is 10.3. The van der Waals surface area contributed by atoms with Crippen molar-refractivity contribution in [2.24, 2.45) is 0 Å². The predicted octanol–water partition coefficient (Wildman–Crippen LogP) is 0.711. The maximum atomic E-state index is 9.51. The summed E-state index contributed by atoms with van der Waals surface area (Å²) < 4.78 is 0. The first-order valence-electron chi connectivity index (χ1n) is 5.08. The van der Waals surface area contributed by atoms with E-state index in [4.69, 9.17) is 5.11 Å². The van der Waals surface area contributed by atoms with Gasteiger partial charge in [0.1, 0.15) is 0 Å². The molecule has 0 heterocycles. The van der Waals surface area contributed by atoms with Crippen molar-refractivity contribution >= 4 is 0 Å². The minimum absolute atomic E-state index is 0.0649. The summed E-state index contributed by atoms with van der Waals surface area (Å²) in [5.41, 5.74) is 0.677. The lowest BCUT2D eigenvalue weighted by atomic mass is 9.89. The van der Waals surface area contributed by atoms with E-state index >= 15 is 0 Å². The number of rotatable bonds is 3. The lowest BCUT2D eigenvalue weighted by molar-refractivity contribution is 0.0618. The molecule has 4 heteroatoms. The van der Waals surface area contributed by atoms with E-state index in [0.717, 1.165) is 12.8 Å². The highest BCUT2D eigenvalue weighted by Crippen LogP contribution is 2.28. The van der Waals surface area contributed by atoms with Gasteiger partial charge in [-0.15, -0.1) is 0 Å². The van der Waals surface area contributed by atoms with Crippen LogP contribution < -0.4 is 5.32 Å². The van der Waals surface area contributed by atoms with Crippen LogP contribution in [0.2, 0.25) is 0 Å². The third-order valence-electron chi connectivity index (χ3n) is 2.79. The zero-order valence-corrected chi connectivity index (χ0v) is 8.35. The summed E-state index contributed by atoms with van der Waals surface area (Å²) in [7, 11) is 0. The summed E-state index contributed by atoms with van der Waals surface area (Å²) >= 11 is 0. The molecule has 15 heavy (non-hydrogen) atoms. The number of hydrogen-bond donors (Lipinski definition) is 4. The van der Waals surface area contributed by atoms with Gasteiger partial charge in [0, 0.05) is 18.2 Å². The Kier molecular flexibility index (Phi) is 2.79. The Morgan fingerprint density at radius 3 is 2.67 bits per heavy atom. The van der Waals surface area contributed by atoms with Gasteiger partial charge in [-0.2, -0.15) is 0 Å². The van der Waals surface area contributed by atoms with E-state index in [2.05, 4.69) is 5.32 Å². The number of phenolic OH excluding ortho intramolecular Hbond substituents is 2. The van der Waals surface area contributed by atoms with Crippen LogP contribution in [0.4, 0.5) is 0 Å². The van der Waals surface area contributed by atoms with Gasteiger partial charge >= 0.3 is 0 Å².